The first-order chi connectivity index (χ1) is 13.9. The van der Waals surface area contributed by atoms with Crippen LogP contribution in [0.2, 0.25) is 0 Å². The van der Waals surface area contributed by atoms with Crippen LogP contribution in [0, 0.1) is 0 Å². The molecule has 1 amide bonds. The zero-order chi connectivity index (χ0) is 20.9. The Morgan fingerprint density at radius 1 is 1.17 bits per heavy atom. The Hall–Kier alpha value is -2.25. The van der Waals surface area contributed by atoms with Gasteiger partial charge in [-0.3, -0.25) is 9.69 Å². The standard InChI is InChI=1S/C22H34N6O/c1-5-6-19-20(21(29)24-13-16-27-14-11-23-12-15-27)25-26-28(19)18-9-7-17(8-10-18)22(2,3)4/h7-10,23H,5-6,11-16H2,1-4H3,(H,24,29). The topological polar surface area (TPSA) is 75.1 Å². The number of hydrogen-bond donors (Lipinski definition) is 2. The molecule has 0 spiro atoms. The van der Waals surface area contributed by atoms with Gasteiger partial charge in [-0.05, 0) is 29.5 Å². The Labute approximate surface area is 173 Å². The van der Waals surface area contributed by atoms with Crippen LogP contribution in [-0.4, -0.2) is 65.1 Å². The molecule has 2 aromatic rings. The van der Waals surface area contributed by atoms with Crippen molar-refractivity contribution in [3.05, 3.63) is 41.2 Å². The number of hydrogen-bond acceptors (Lipinski definition) is 5. The van der Waals surface area contributed by atoms with Gasteiger partial charge in [0.25, 0.3) is 5.91 Å². The van der Waals surface area contributed by atoms with Crippen LogP contribution in [-0.2, 0) is 11.8 Å². The van der Waals surface area contributed by atoms with Crippen LogP contribution < -0.4 is 10.6 Å². The average molecular weight is 399 g/mol. The number of aromatic nitrogens is 3. The van der Waals surface area contributed by atoms with Crippen LogP contribution in [0.5, 0.6) is 0 Å². The zero-order valence-electron chi connectivity index (χ0n) is 18.2. The lowest BCUT2D eigenvalue weighted by molar-refractivity contribution is 0.0941. The van der Waals surface area contributed by atoms with Crippen molar-refractivity contribution in [2.45, 2.75) is 46.0 Å². The van der Waals surface area contributed by atoms with Crippen LogP contribution in [0.1, 0.15) is 55.9 Å². The Balaban J connectivity index is 1.71. The van der Waals surface area contributed by atoms with E-state index < -0.39 is 0 Å². The lowest BCUT2D eigenvalue weighted by Gasteiger charge is -2.27. The molecule has 2 heterocycles. The van der Waals surface area contributed by atoms with E-state index in [2.05, 4.69) is 77.8 Å². The van der Waals surface area contributed by atoms with E-state index in [4.69, 9.17) is 0 Å². The van der Waals surface area contributed by atoms with Crippen molar-refractivity contribution in [1.29, 1.82) is 0 Å². The summed E-state index contributed by atoms with van der Waals surface area (Å²) in [5, 5.41) is 14.9. The highest BCUT2D eigenvalue weighted by Gasteiger charge is 2.21. The van der Waals surface area contributed by atoms with Crippen LogP contribution >= 0.6 is 0 Å². The van der Waals surface area contributed by atoms with E-state index >= 15 is 0 Å². The van der Waals surface area contributed by atoms with E-state index in [0.29, 0.717) is 12.2 Å². The molecule has 1 aliphatic heterocycles. The van der Waals surface area contributed by atoms with E-state index in [1.807, 2.05) is 0 Å². The third kappa shape index (κ3) is 5.42. The first-order valence-electron chi connectivity index (χ1n) is 10.7. The van der Waals surface area contributed by atoms with E-state index in [1.54, 1.807) is 4.68 Å². The van der Waals surface area contributed by atoms with Gasteiger partial charge < -0.3 is 10.6 Å². The third-order valence-corrected chi connectivity index (χ3v) is 5.37. The maximum absolute atomic E-state index is 12.8. The first kappa shape index (κ1) is 21.5. The summed E-state index contributed by atoms with van der Waals surface area (Å²) in [4.78, 5) is 15.1. The maximum Gasteiger partial charge on any atom is 0.273 e. The van der Waals surface area contributed by atoms with Crippen molar-refractivity contribution < 1.29 is 4.79 Å². The van der Waals surface area contributed by atoms with Crippen molar-refractivity contribution in [2.75, 3.05) is 39.3 Å². The van der Waals surface area contributed by atoms with Crippen molar-refractivity contribution in [3.63, 3.8) is 0 Å². The van der Waals surface area contributed by atoms with Crippen molar-refractivity contribution in [3.8, 4) is 5.69 Å². The van der Waals surface area contributed by atoms with Gasteiger partial charge in [-0.25, -0.2) is 4.68 Å². The van der Waals surface area contributed by atoms with E-state index in [9.17, 15) is 4.79 Å². The van der Waals surface area contributed by atoms with Gasteiger partial charge in [0.2, 0.25) is 0 Å². The molecule has 29 heavy (non-hydrogen) atoms. The monoisotopic (exact) mass is 398 g/mol. The number of nitrogens with zero attached hydrogens (tertiary/aromatic N) is 4. The average Bonchev–Trinajstić information content (AvgIpc) is 3.12. The second-order valence-electron chi connectivity index (χ2n) is 8.69. The highest BCUT2D eigenvalue weighted by Crippen LogP contribution is 2.24. The summed E-state index contributed by atoms with van der Waals surface area (Å²) in [7, 11) is 0. The van der Waals surface area contributed by atoms with Crippen LogP contribution in [0.4, 0.5) is 0 Å². The van der Waals surface area contributed by atoms with Gasteiger partial charge in [0.1, 0.15) is 0 Å². The molecular weight excluding hydrogens is 364 g/mol. The molecule has 3 rings (SSSR count). The largest absolute Gasteiger partial charge is 0.349 e. The van der Waals surface area contributed by atoms with Gasteiger partial charge in [0, 0.05) is 39.3 Å². The molecule has 0 unspecified atom stereocenters. The molecule has 1 fully saturated rings. The molecule has 2 N–H and O–H groups in total. The third-order valence-electron chi connectivity index (χ3n) is 5.37. The normalized spacial score (nSPS) is 15.4. The second kappa shape index (κ2) is 9.50. The van der Waals surface area contributed by atoms with E-state index in [1.165, 1.54) is 5.56 Å². The Morgan fingerprint density at radius 2 is 1.86 bits per heavy atom. The van der Waals surface area contributed by atoms with Gasteiger partial charge in [-0.1, -0.05) is 51.5 Å². The SMILES string of the molecule is CCCc1c(C(=O)NCCN2CCNCC2)nnn1-c1ccc(C(C)(C)C)cc1. The Kier molecular flexibility index (Phi) is 7.03. The number of carbonyl (C=O) groups is 1. The maximum atomic E-state index is 12.8. The predicted molar refractivity (Wildman–Crippen MR) is 116 cm³/mol. The van der Waals surface area contributed by atoms with Gasteiger partial charge in [0.05, 0.1) is 11.4 Å². The lowest BCUT2D eigenvalue weighted by Crippen LogP contribution is -2.46. The predicted octanol–water partition coefficient (Wildman–Crippen LogP) is 2.15. The molecule has 1 aliphatic rings. The summed E-state index contributed by atoms with van der Waals surface area (Å²) in [6, 6.07) is 8.36. The Bertz CT molecular complexity index is 800. The minimum atomic E-state index is -0.138. The molecule has 7 heteroatoms. The number of rotatable bonds is 7. The highest BCUT2D eigenvalue weighted by atomic mass is 16.2. The molecule has 0 aliphatic carbocycles. The fraction of sp³-hybridized carbons (Fsp3) is 0.591. The molecule has 1 aromatic carbocycles. The molecule has 0 atom stereocenters. The second-order valence-corrected chi connectivity index (χ2v) is 8.69. The highest BCUT2D eigenvalue weighted by molar-refractivity contribution is 5.93. The van der Waals surface area contributed by atoms with Crippen LogP contribution in [0.15, 0.2) is 24.3 Å². The Morgan fingerprint density at radius 3 is 2.48 bits per heavy atom. The number of benzene rings is 1. The van der Waals surface area contributed by atoms with E-state index in [-0.39, 0.29) is 11.3 Å². The number of carbonyl (C=O) groups excluding carboxylic acids is 1. The quantitative estimate of drug-likeness (QED) is 0.748. The van der Waals surface area contributed by atoms with Crippen LogP contribution in [0.3, 0.4) is 0 Å². The minimum Gasteiger partial charge on any atom is -0.349 e. The summed E-state index contributed by atoms with van der Waals surface area (Å²) >= 11 is 0. The summed E-state index contributed by atoms with van der Waals surface area (Å²) in [6.45, 7) is 14.3. The van der Waals surface area contributed by atoms with Crippen molar-refractivity contribution in [2.24, 2.45) is 0 Å². The molecular formula is C22H34N6O. The summed E-state index contributed by atoms with van der Waals surface area (Å²) in [6.07, 6.45) is 1.68. The van der Waals surface area contributed by atoms with E-state index in [0.717, 1.165) is 56.9 Å². The number of piperazine rings is 1. The molecule has 0 bridgehead atoms. The molecule has 7 nitrogen and oxygen atoms in total. The smallest absolute Gasteiger partial charge is 0.273 e. The van der Waals surface area contributed by atoms with Crippen LogP contribution in [0.25, 0.3) is 5.69 Å². The molecule has 158 valence electrons. The minimum absolute atomic E-state index is 0.0998. The molecule has 0 radical (unpaired) electrons. The zero-order valence-corrected chi connectivity index (χ0v) is 18.2. The number of nitrogens with one attached hydrogen (secondary N) is 2. The molecule has 1 saturated heterocycles. The molecule has 1 aromatic heterocycles. The van der Waals surface area contributed by atoms with Gasteiger partial charge >= 0.3 is 0 Å². The summed E-state index contributed by atoms with van der Waals surface area (Å²) in [5.74, 6) is -0.138. The first-order valence-corrected chi connectivity index (χ1v) is 10.7. The molecule has 0 saturated carbocycles. The lowest BCUT2D eigenvalue weighted by atomic mass is 9.87. The fourth-order valence-electron chi connectivity index (χ4n) is 3.60. The van der Waals surface area contributed by atoms with Gasteiger partial charge in [-0.2, -0.15) is 0 Å². The summed E-state index contributed by atoms with van der Waals surface area (Å²) in [5.41, 5.74) is 3.61. The fourth-order valence-corrected chi connectivity index (χ4v) is 3.60. The summed E-state index contributed by atoms with van der Waals surface area (Å²) < 4.78 is 1.81. The number of amides is 1. The van der Waals surface area contributed by atoms with Crippen molar-refractivity contribution >= 4 is 5.91 Å². The van der Waals surface area contributed by atoms with Crippen molar-refractivity contribution in [1.82, 2.24) is 30.5 Å². The van der Waals surface area contributed by atoms with Gasteiger partial charge in [0.15, 0.2) is 5.69 Å². The van der Waals surface area contributed by atoms with Gasteiger partial charge in [-0.15, -0.1) is 5.10 Å².